The van der Waals surface area contributed by atoms with Gasteiger partial charge in [-0.3, -0.25) is 4.79 Å². The van der Waals surface area contributed by atoms with Crippen LogP contribution in [0.5, 0.6) is 0 Å². The zero-order valence-corrected chi connectivity index (χ0v) is 13.8. The Labute approximate surface area is 135 Å². The van der Waals surface area contributed by atoms with Crippen molar-refractivity contribution in [2.75, 3.05) is 32.1 Å². The summed E-state index contributed by atoms with van der Waals surface area (Å²) in [6.45, 7) is 2.04. The van der Waals surface area contributed by atoms with E-state index in [9.17, 15) is 4.79 Å². The van der Waals surface area contributed by atoms with Gasteiger partial charge in [0.05, 0.1) is 11.4 Å². The van der Waals surface area contributed by atoms with E-state index in [-0.39, 0.29) is 0 Å². The van der Waals surface area contributed by atoms with Crippen molar-refractivity contribution in [1.82, 2.24) is 4.90 Å². The van der Waals surface area contributed by atoms with E-state index < -0.39 is 0 Å². The maximum Gasteiger partial charge on any atom is 0.150 e. The topological polar surface area (TPSA) is 23.6 Å². The van der Waals surface area contributed by atoms with E-state index in [0.717, 1.165) is 36.3 Å². The third kappa shape index (κ3) is 3.03. The van der Waals surface area contributed by atoms with Crippen LogP contribution in [0.2, 0.25) is 0 Å². The third-order valence-electron chi connectivity index (χ3n) is 3.77. The molecule has 1 aliphatic rings. The van der Waals surface area contributed by atoms with Crippen LogP contribution < -0.4 is 4.90 Å². The summed E-state index contributed by atoms with van der Waals surface area (Å²) in [6, 6.07) is 14.4. The standard InChI is InChI=1S/C18H20N2OS/c1-19(2)10-5-11-20-15-6-3-4-7-17(15)22-18-12-14(13-21)8-9-16(18)20/h3-4,6-9,12-13H,5,10-11H2,1-2H3. The van der Waals surface area contributed by atoms with Gasteiger partial charge in [-0.25, -0.2) is 0 Å². The normalized spacial score (nSPS) is 13.0. The molecule has 0 saturated carbocycles. The SMILES string of the molecule is CN(C)CCCN1c2ccccc2Sc2cc(C=O)ccc21. The minimum absolute atomic E-state index is 0.735. The van der Waals surface area contributed by atoms with Gasteiger partial charge < -0.3 is 9.80 Å². The largest absolute Gasteiger partial charge is 0.340 e. The van der Waals surface area contributed by atoms with Gasteiger partial charge in [0.2, 0.25) is 0 Å². The first-order chi connectivity index (χ1) is 10.7. The van der Waals surface area contributed by atoms with Crippen LogP contribution in [0.3, 0.4) is 0 Å². The molecular formula is C18H20N2OS. The van der Waals surface area contributed by atoms with Crippen molar-refractivity contribution in [2.24, 2.45) is 0 Å². The Hall–Kier alpha value is -1.78. The summed E-state index contributed by atoms with van der Waals surface area (Å²) >= 11 is 1.74. The maximum absolute atomic E-state index is 11.0. The van der Waals surface area contributed by atoms with Gasteiger partial charge in [-0.15, -0.1) is 0 Å². The number of benzene rings is 2. The number of anilines is 2. The lowest BCUT2D eigenvalue weighted by Crippen LogP contribution is -2.25. The van der Waals surface area contributed by atoms with Gasteiger partial charge in [0, 0.05) is 21.9 Å². The van der Waals surface area contributed by atoms with Crippen molar-refractivity contribution in [3.63, 3.8) is 0 Å². The third-order valence-corrected chi connectivity index (χ3v) is 4.89. The summed E-state index contributed by atoms with van der Waals surface area (Å²) in [4.78, 5) is 18.0. The minimum atomic E-state index is 0.735. The van der Waals surface area contributed by atoms with Crippen LogP contribution in [0.4, 0.5) is 11.4 Å². The lowest BCUT2D eigenvalue weighted by atomic mass is 10.1. The quantitative estimate of drug-likeness (QED) is 0.777. The number of hydrogen-bond acceptors (Lipinski definition) is 4. The molecule has 0 bridgehead atoms. The zero-order valence-electron chi connectivity index (χ0n) is 13.0. The highest BCUT2D eigenvalue weighted by atomic mass is 32.2. The van der Waals surface area contributed by atoms with Crippen LogP contribution in [0.15, 0.2) is 52.3 Å². The monoisotopic (exact) mass is 312 g/mol. The molecule has 0 radical (unpaired) electrons. The Morgan fingerprint density at radius 3 is 2.64 bits per heavy atom. The van der Waals surface area contributed by atoms with E-state index in [4.69, 9.17) is 0 Å². The van der Waals surface area contributed by atoms with Crippen LogP contribution in [-0.2, 0) is 0 Å². The molecule has 4 heteroatoms. The Morgan fingerprint density at radius 1 is 1.09 bits per heavy atom. The molecule has 0 aromatic heterocycles. The second kappa shape index (κ2) is 6.55. The zero-order chi connectivity index (χ0) is 15.5. The van der Waals surface area contributed by atoms with E-state index >= 15 is 0 Å². The number of para-hydroxylation sites is 1. The van der Waals surface area contributed by atoms with Crippen LogP contribution in [0, 0.1) is 0 Å². The van der Waals surface area contributed by atoms with E-state index in [0.29, 0.717) is 0 Å². The molecule has 0 fully saturated rings. The Kier molecular flexibility index (Phi) is 4.50. The van der Waals surface area contributed by atoms with Crippen LogP contribution in [0.1, 0.15) is 16.8 Å². The van der Waals surface area contributed by atoms with Gasteiger partial charge in [0.25, 0.3) is 0 Å². The smallest absolute Gasteiger partial charge is 0.150 e. The summed E-state index contributed by atoms with van der Waals surface area (Å²) in [6.07, 6.45) is 2.01. The fourth-order valence-electron chi connectivity index (χ4n) is 2.71. The predicted molar refractivity (Wildman–Crippen MR) is 92.6 cm³/mol. The Bertz CT molecular complexity index is 685. The Morgan fingerprint density at radius 2 is 1.86 bits per heavy atom. The van der Waals surface area contributed by atoms with E-state index in [1.54, 1.807) is 11.8 Å². The molecule has 114 valence electrons. The average molecular weight is 312 g/mol. The molecule has 1 heterocycles. The molecule has 0 unspecified atom stereocenters. The molecule has 2 aromatic rings. The van der Waals surface area contributed by atoms with Crippen molar-refractivity contribution in [1.29, 1.82) is 0 Å². The molecule has 22 heavy (non-hydrogen) atoms. The Balaban J connectivity index is 1.95. The number of rotatable bonds is 5. The number of aldehydes is 1. The molecule has 1 aliphatic heterocycles. The summed E-state index contributed by atoms with van der Waals surface area (Å²) in [5.41, 5.74) is 3.20. The van der Waals surface area contributed by atoms with Crippen LogP contribution in [0.25, 0.3) is 0 Å². The second-order valence-corrected chi connectivity index (χ2v) is 6.81. The lowest BCUT2D eigenvalue weighted by Gasteiger charge is -2.33. The average Bonchev–Trinajstić information content (AvgIpc) is 2.53. The van der Waals surface area contributed by atoms with Gasteiger partial charge in [0.1, 0.15) is 6.29 Å². The highest BCUT2D eigenvalue weighted by Gasteiger charge is 2.22. The molecular weight excluding hydrogens is 292 g/mol. The summed E-state index contributed by atoms with van der Waals surface area (Å²) < 4.78 is 0. The number of hydrogen-bond donors (Lipinski definition) is 0. The van der Waals surface area contributed by atoms with Gasteiger partial charge in [-0.1, -0.05) is 23.9 Å². The number of carbonyl (C=O) groups excluding carboxylic acids is 1. The number of fused-ring (bicyclic) bond motifs is 2. The van der Waals surface area contributed by atoms with Crippen molar-refractivity contribution < 1.29 is 4.79 Å². The van der Waals surface area contributed by atoms with Gasteiger partial charge in [0.15, 0.2) is 0 Å². The van der Waals surface area contributed by atoms with Crippen molar-refractivity contribution in [2.45, 2.75) is 16.2 Å². The lowest BCUT2D eigenvalue weighted by molar-refractivity contribution is 0.112. The molecule has 0 N–H and O–H groups in total. The van der Waals surface area contributed by atoms with Gasteiger partial charge >= 0.3 is 0 Å². The van der Waals surface area contributed by atoms with Crippen molar-refractivity contribution >= 4 is 29.4 Å². The molecule has 3 nitrogen and oxygen atoms in total. The van der Waals surface area contributed by atoms with E-state index in [2.05, 4.69) is 54.2 Å². The predicted octanol–water partition coefficient (Wildman–Crippen LogP) is 4.05. The second-order valence-electron chi connectivity index (χ2n) is 5.72. The first kappa shape index (κ1) is 15.1. The molecule has 3 rings (SSSR count). The van der Waals surface area contributed by atoms with Crippen LogP contribution >= 0.6 is 11.8 Å². The first-order valence-electron chi connectivity index (χ1n) is 7.47. The molecule has 0 spiro atoms. The summed E-state index contributed by atoms with van der Waals surface area (Å²) in [7, 11) is 4.20. The molecule has 0 aliphatic carbocycles. The van der Waals surface area contributed by atoms with Gasteiger partial charge in [-0.05, 0) is 57.4 Å². The minimum Gasteiger partial charge on any atom is -0.340 e. The van der Waals surface area contributed by atoms with Crippen molar-refractivity contribution in [3.8, 4) is 0 Å². The first-order valence-corrected chi connectivity index (χ1v) is 8.29. The fraction of sp³-hybridized carbons (Fsp3) is 0.278. The van der Waals surface area contributed by atoms with Gasteiger partial charge in [-0.2, -0.15) is 0 Å². The van der Waals surface area contributed by atoms with Crippen molar-refractivity contribution in [3.05, 3.63) is 48.0 Å². The highest BCUT2D eigenvalue weighted by molar-refractivity contribution is 7.99. The van der Waals surface area contributed by atoms with E-state index in [1.165, 1.54) is 16.3 Å². The molecule has 0 saturated heterocycles. The summed E-state index contributed by atoms with van der Waals surface area (Å²) in [5, 5.41) is 0. The molecule has 0 amide bonds. The van der Waals surface area contributed by atoms with Crippen LogP contribution in [-0.4, -0.2) is 38.4 Å². The number of carbonyl (C=O) groups is 1. The fourth-order valence-corrected chi connectivity index (χ4v) is 3.85. The van der Waals surface area contributed by atoms with E-state index in [1.807, 2.05) is 12.1 Å². The highest BCUT2D eigenvalue weighted by Crippen LogP contribution is 2.48. The molecule has 2 aromatic carbocycles. The number of nitrogens with zero attached hydrogens (tertiary/aromatic N) is 2. The maximum atomic E-state index is 11.0. The summed E-state index contributed by atoms with van der Waals surface area (Å²) in [5.74, 6) is 0. The molecule has 0 atom stereocenters.